The number of rotatable bonds is 6. The minimum absolute atomic E-state index is 0.00863. The third-order valence-electron chi connectivity index (χ3n) is 4.79. The number of hydrogen-bond donors (Lipinski definition) is 0. The molecule has 11 heteroatoms. The SMILES string of the molecule is CCOC(=O)[C@H](C(C)C)N1C(c2ccc(Br)cc2)=NO[C@@H]1c1c(F)c(F)c(F)c(F)c1F. The van der Waals surface area contributed by atoms with Crippen LogP contribution in [0.5, 0.6) is 0 Å². The van der Waals surface area contributed by atoms with E-state index in [0.29, 0.717) is 5.56 Å². The molecule has 0 bridgehead atoms. The lowest BCUT2D eigenvalue weighted by molar-refractivity contribution is -0.153. The van der Waals surface area contributed by atoms with Crippen LogP contribution in [0.3, 0.4) is 0 Å². The highest BCUT2D eigenvalue weighted by Crippen LogP contribution is 2.39. The summed E-state index contributed by atoms with van der Waals surface area (Å²) in [5, 5.41) is 3.83. The van der Waals surface area contributed by atoms with Crippen molar-refractivity contribution in [3.05, 3.63) is 69.0 Å². The Balaban J connectivity index is 2.21. The Kier molecular flexibility index (Phi) is 7.06. The van der Waals surface area contributed by atoms with Gasteiger partial charge in [0, 0.05) is 10.0 Å². The summed E-state index contributed by atoms with van der Waals surface area (Å²) in [5.41, 5.74) is -0.873. The van der Waals surface area contributed by atoms with E-state index in [9.17, 15) is 26.7 Å². The Morgan fingerprint density at radius 3 is 2.09 bits per heavy atom. The van der Waals surface area contributed by atoms with Gasteiger partial charge in [-0.1, -0.05) is 47.1 Å². The van der Waals surface area contributed by atoms with Crippen LogP contribution in [0.25, 0.3) is 0 Å². The van der Waals surface area contributed by atoms with E-state index < -0.39 is 58.8 Å². The normalized spacial score (nSPS) is 16.8. The van der Waals surface area contributed by atoms with E-state index in [1.807, 2.05) is 0 Å². The highest BCUT2D eigenvalue weighted by molar-refractivity contribution is 9.10. The maximum Gasteiger partial charge on any atom is 0.329 e. The molecule has 0 saturated carbocycles. The molecule has 0 amide bonds. The van der Waals surface area contributed by atoms with Crippen molar-refractivity contribution in [1.29, 1.82) is 0 Å². The molecular weight excluding hydrogens is 503 g/mol. The smallest absolute Gasteiger partial charge is 0.329 e. The lowest BCUT2D eigenvalue weighted by atomic mass is 9.99. The molecule has 0 fully saturated rings. The molecule has 2 aromatic carbocycles. The minimum atomic E-state index is -2.30. The number of amidine groups is 1. The summed E-state index contributed by atoms with van der Waals surface area (Å²) in [7, 11) is 0. The molecule has 172 valence electrons. The number of hydrogen-bond acceptors (Lipinski definition) is 5. The molecule has 0 spiro atoms. The van der Waals surface area contributed by atoms with Gasteiger partial charge in [-0.2, -0.15) is 0 Å². The number of carbonyl (C=O) groups excluding carboxylic acids is 1. The zero-order chi connectivity index (χ0) is 23.7. The fourth-order valence-electron chi connectivity index (χ4n) is 3.35. The standard InChI is InChI=1S/C21H18BrF5N2O3/c1-4-31-21(30)18(9(2)3)29-19(10-5-7-11(22)8-6-10)28-32-20(29)12-13(23)15(25)17(27)16(26)14(12)24/h5-9,18,20H,4H2,1-3H3/t18-,20+/m0/s1. The molecule has 0 aliphatic carbocycles. The molecule has 2 atom stereocenters. The van der Waals surface area contributed by atoms with Gasteiger partial charge in [0.1, 0.15) is 6.04 Å². The van der Waals surface area contributed by atoms with Gasteiger partial charge < -0.3 is 9.57 Å². The maximum atomic E-state index is 14.6. The second-order valence-electron chi connectivity index (χ2n) is 7.21. The van der Waals surface area contributed by atoms with Crippen LogP contribution in [0.4, 0.5) is 22.0 Å². The van der Waals surface area contributed by atoms with E-state index in [-0.39, 0.29) is 12.4 Å². The van der Waals surface area contributed by atoms with Crippen molar-refractivity contribution in [3.63, 3.8) is 0 Å². The molecule has 1 heterocycles. The Morgan fingerprint density at radius 1 is 1.06 bits per heavy atom. The van der Waals surface area contributed by atoms with Crippen molar-refractivity contribution in [2.24, 2.45) is 11.1 Å². The van der Waals surface area contributed by atoms with Crippen LogP contribution in [0.15, 0.2) is 33.9 Å². The summed E-state index contributed by atoms with van der Waals surface area (Å²) < 4.78 is 76.5. The van der Waals surface area contributed by atoms with Gasteiger partial charge in [-0.05, 0) is 25.0 Å². The van der Waals surface area contributed by atoms with Crippen molar-refractivity contribution >= 4 is 27.7 Å². The molecule has 0 N–H and O–H groups in total. The molecular formula is C21H18BrF5N2O3. The van der Waals surface area contributed by atoms with Crippen molar-refractivity contribution in [1.82, 2.24) is 4.90 Å². The monoisotopic (exact) mass is 520 g/mol. The Bertz CT molecular complexity index is 1030. The quantitative estimate of drug-likeness (QED) is 0.221. The number of ether oxygens (including phenoxy) is 1. The van der Waals surface area contributed by atoms with Gasteiger partial charge >= 0.3 is 5.97 Å². The molecule has 3 rings (SSSR count). The van der Waals surface area contributed by atoms with E-state index in [2.05, 4.69) is 21.1 Å². The van der Waals surface area contributed by atoms with Crippen LogP contribution in [0.2, 0.25) is 0 Å². The van der Waals surface area contributed by atoms with Gasteiger partial charge in [0.15, 0.2) is 29.1 Å². The number of carbonyl (C=O) groups is 1. The topological polar surface area (TPSA) is 51.1 Å². The van der Waals surface area contributed by atoms with Gasteiger partial charge in [0.2, 0.25) is 12.0 Å². The first-order valence-electron chi connectivity index (χ1n) is 9.56. The summed E-state index contributed by atoms with van der Waals surface area (Å²) in [6, 6.07) is 5.26. The zero-order valence-corrected chi connectivity index (χ0v) is 18.7. The first kappa shape index (κ1) is 24.0. The van der Waals surface area contributed by atoms with Crippen molar-refractivity contribution in [2.45, 2.75) is 33.0 Å². The largest absolute Gasteiger partial charge is 0.464 e. The van der Waals surface area contributed by atoms with Crippen molar-refractivity contribution in [3.8, 4) is 0 Å². The second-order valence-corrected chi connectivity index (χ2v) is 8.13. The van der Waals surface area contributed by atoms with E-state index >= 15 is 0 Å². The lowest BCUT2D eigenvalue weighted by Crippen LogP contribution is -2.49. The van der Waals surface area contributed by atoms with Gasteiger partial charge in [-0.25, -0.2) is 26.7 Å². The highest BCUT2D eigenvalue weighted by Gasteiger charge is 2.46. The Labute approximate surface area is 188 Å². The minimum Gasteiger partial charge on any atom is -0.464 e. The summed E-state index contributed by atoms with van der Waals surface area (Å²) in [6.45, 7) is 4.85. The number of halogens is 6. The van der Waals surface area contributed by atoms with Crippen LogP contribution in [-0.4, -0.2) is 29.4 Å². The molecule has 1 aliphatic heterocycles. The zero-order valence-electron chi connectivity index (χ0n) is 17.1. The average Bonchev–Trinajstić information content (AvgIpc) is 3.15. The fourth-order valence-corrected chi connectivity index (χ4v) is 3.62. The van der Waals surface area contributed by atoms with Crippen molar-refractivity contribution in [2.75, 3.05) is 6.61 Å². The Hall–Kier alpha value is -2.69. The summed E-state index contributed by atoms with van der Waals surface area (Å²) in [5.74, 6) is -12.0. The fraction of sp³-hybridized carbons (Fsp3) is 0.333. The molecule has 2 aromatic rings. The van der Waals surface area contributed by atoms with E-state index in [0.717, 1.165) is 9.37 Å². The third-order valence-corrected chi connectivity index (χ3v) is 5.32. The van der Waals surface area contributed by atoms with Crippen LogP contribution in [-0.2, 0) is 14.4 Å². The Morgan fingerprint density at radius 2 is 1.59 bits per heavy atom. The highest BCUT2D eigenvalue weighted by atomic mass is 79.9. The molecule has 0 aromatic heterocycles. The molecule has 1 aliphatic rings. The third kappa shape index (κ3) is 4.17. The van der Waals surface area contributed by atoms with Gasteiger partial charge in [-0.3, -0.25) is 4.90 Å². The van der Waals surface area contributed by atoms with Gasteiger partial charge in [0.05, 0.1) is 12.2 Å². The number of oxime groups is 1. The second kappa shape index (κ2) is 9.43. The average molecular weight is 521 g/mol. The van der Waals surface area contributed by atoms with Crippen LogP contribution in [0, 0.1) is 35.0 Å². The number of esters is 1. The van der Waals surface area contributed by atoms with Gasteiger partial charge in [-0.15, -0.1) is 0 Å². The van der Waals surface area contributed by atoms with Crippen molar-refractivity contribution < 1.29 is 36.3 Å². The first-order chi connectivity index (χ1) is 15.1. The summed E-state index contributed by atoms with van der Waals surface area (Å²) in [6.07, 6.45) is -1.91. The van der Waals surface area contributed by atoms with E-state index in [1.54, 1.807) is 45.0 Å². The van der Waals surface area contributed by atoms with Crippen LogP contribution >= 0.6 is 15.9 Å². The van der Waals surface area contributed by atoms with Crippen LogP contribution < -0.4 is 0 Å². The summed E-state index contributed by atoms with van der Waals surface area (Å²) in [4.78, 5) is 19.0. The predicted octanol–water partition coefficient (Wildman–Crippen LogP) is 5.42. The maximum absolute atomic E-state index is 14.6. The van der Waals surface area contributed by atoms with E-state index in [1.165, 1.54) is 0 Å². The lowest BCUT2D eigenvalue weighted by Gasteiger charge is -2.34. The van der Waals surface area contributed by atoms with Crippen LogP contribution in [0.1, 0.15) is 38.1 Å². The first-order valence-corrected chi connectivity index (χ1v) is 10.3. The summed E-state index contributed by atoms with van der Waals surface area (Å²) >= 11 is 3.28. The van der Waals surface area contributed by atoms with Gasteiger partial charge in [0.25, 0.3) is 0 Å². The molecule has 0 radical (unpaired) electrons. The number of nitrogens with zero attached hydrogens (tertiary/aromatic N) is 2. The molecule has 32 heavy (non-hydrogen) atoms. The van der Waals surface area contributed by atoms with E-state index in [4.69, 9.17) is 9.57 Å². The molecule has 5 nitrogen and oxygen atoms in total. The molecule has 0 saturated heterocycles. The number of benzene rings is 2. The molecule has 0 unspecified atom stereocenters. The predicted molar refractivity (Wildman–Crippen MR) is 108 cm³/mol.